The second-order valence-corrected chi connectivity index (χ2v) is 16.1. The van der Waals surface area contributed by atoms with Crippen molar-refractivity contribution in [2.75, 3.05) is 0 Å². The number of hydrogen-bond donors (Lipinski definition) is 0. The van der Waals surface area contributed by atoms with Crippen molar-refractivity contribution in [2.24, 2.45) is 0 Å². The quantitative estimate of drug-likeness (QED) is 0.160. The summed E-state index contributed by atoms with van der Waals surface area (Å²) in [7, 11) is 0. The third-order valence-electron chi connectivity index (χ3n) is 9.93. The highest BCUT2D eigenvalue weighted by Gasteiger charge is 2.25. The lowest BCUT2D eigenvalue weighted by atomic mass is 9.82. The first-order valence-electron chi connectivity index (χ1n) is 18.8. The molecule has 0 heterocycles. The van der Waals surface area contributed by atoms with Crippen LogP contribution in [0.3, 0.4) is 0 Å². The molecule has 4 aromatic carbocycles. The lowest BCUT2D eigenvalue weighted by Crippen LogP contribution is -2.17. The van der Waals surface area contributed by atoms with Crippen molar-refractivity contribution in [3.05, 3.63) is 129 Å². The van der Waals surface area contributed by atoms with Crippen LogP contribution >= 0.6 is 0 Å². The fourth-order valence-corrected chi connectivity index (χ4v) is 6.79. The van der Waals surface area contributed by atoms with Crippen LogP contribution in [0.1, 0.15) is 147 Å². The molecular formula is C46H56O4. The topological polar surface area (TPSA) is 52.6 Å². The molecule has 0 unspecified atom stereocenters. The van der Waals surface area contributed by atoms with Crippen LogP contribution in [0.4, 0.5) is 0 Å². The summed E-state index contributed by atoms with van der Waals surface area (Å²) in [4.78, 5) is 27.2. The van der Waals surface area contributed by atoms with Gasteiger partial charge in [-0.15, -0.1) is 0 Å². The Balaban J connectivity index is 1.64. The molecule has 1 aliphatic carbocycles. The van der Waals surface area contributed by atoms with Crippen molar-refractivity contribution in [2.45, 2.75) is 129 Å². The van der Waals surface area contributed by atoms with Crippen molar-refractivity contribution in [1.82, 2.24) is 0 Å². The van der Waals surface area contributed by atoms with Crippen LogP contribution in [0.2, 0.25) is 0 Å². The zero-order valence-electron chi connectivity index (χ0n) is 31.2. The van der Waals surface area contributed by atoms with Gasteiger partial charge >= 0.3 is 11.9 Å². The van der Waals surface area contributed by atoms with E-state index in [1.54, 1.807) is 0 Å². The molecule has 4 bridgehead atoms. The summed E-state index contributed by atoms with van der Waals surface area (Å²) in [6.45, 7) is 13.4. The second kappa shape index (κ2) is 16.7. The zero-order valence-corrected chi connectivity index (χ0v) is 31.2. The summed E-state index contributed by atoms with van der Waals surface area (Å²) in [5.41, 5.74) is 7.59. The minimum Gasteiger partial charge on any atom is -0.422 e. The molecule has 1 aliphatic rings. The lowest BCUT2D eigenvalue weighted by molar-refractivity contribution is 0.0720. The Kier molecular flexibility index (Phi) is 12.4. The highest BCUT2D eigenvalue weighted by molar-refractivity contribution is 5.92. The summed E-state index contributed by atoms with van der Waals surface area (Å²) in [6.07, 6.45) is 12.3. The number of carbonyl (C=O) groups is 2. The normalized spacial score (nSPS) is 15.0. The van der Waals surface area contributed by atoms with Gasteiger partial charge in [-0.2, -0.15) is 0 Å². The number of aryl methyl sites for hydroxylation is 4. The Bertz CT molecular complexity index is 1610. The predicted molar refractivity (Wildman–Crippen MR) is 205 cm³/mol. The first-order valence-corrected chi connectivity index (χ1v) is 18.8. The Labute approximate surface area is 300 Å². The fourth-order valence-electron chi connectivity index (χ4n) is 6.79. The molecule has 50 heavy (non-hydrogen) atoms. The van der Waals surface area contributed by atoms with Crippen LogP contribution in [0.5, 0.6) is 11.5 Å². The van der Waals surface area contributed by atoms with Crippen molar-refractivity contribution in [3.63, 3.8) is 0 Å². The third-order valence-corrected chi connectivity index (χ3v) is 9.93. The Morgan fingerprint density at radius 2 is 0.740 bits per heavy atom. The van der Waals surface area contributed by atoms with Crippen LogP contribution in [0.25, 0.3) is 0 Å². The van der Waals surface area contributed by atoms with Gasteiger partial charge in [0.05, 0.1) is 11.1 Å². The van der Waals surface area contributed by atoms with Crippen LogP contribution in [0, 0.1) is 0 Å². The second-order valence-electron chi connectivity index (χ2n) is 16.1. The van der Waals surface area contributed by atoms with E-state index in [1.807, 2.05) is 60.7 Å². The Morgan fingerprint density at radius 1 is 0.440 bits per heavy atom. The minimum absolute atomic E-state index is 0.0852. The average Bonchev–Trinajstić information content (AvgIpc) is 3.09. The van der Waals surface area contributed by atoms with Gasteiger partial charge in [0, 0.05) is 0 Å². The number of fused-ring (bicyclic) bond motifs is 4. The SMILES string of the molecule is CC(C)(C)c1cc2c(OC(=O)c3ccccc3)c(c1)CCc1cc(C(C)(C)C)cc(c1OC(=O)c1ccccc1)CCCCCCCCCC2. The summed E-state index contributed by atoms with van der Waals surface area (Å²) in [5, 5.41) is 0. The smallest absolute Gasteiger partial charge is 0.343 e. The maximum atomic E-state index is 13.6. The molecule has 4 nitrogen and oxygen atoms in total. The average molecular weight is 673 g/mol. The molecule has 0 atom stereocenters. The van der Waals surface area contributed by atoms with E-state index in [-0.39, 0.29) is 22.8 Å². The highest BCUT2D eigenvalue weighted by atomic mass is 16.5. The maximum absolute atomic E-state index is 13.6. The van der Waals surface area contributed by atoms with Gasteiger partial charge in [0.1, 0.15) is 11.5 Å². The molecule has 5 rings (SSSR count). The number of benzene rings is 4. The molecular weight excluding hydrogens is 617 g/mol. The Hall–Kier alpha value is -4.18. The third kappa shape index (κ3) is 9.96. The molecule has 0 amide bonds. The standard InChI is InChI=1S/C46H56O4/c1-45(2,3)39-29-35-25-15-11-9-7-8-10-12-16-26-36-30-40(46(4,5)6)32-38(42(36)50-44(48)34-23-19-14-20-24-34)28-27-37(31-39)41(35)49-43(47)33-21-17-13-18-22-33/h13-14,17-24,29-32H,7-12,15-16,25-28H2,1-6H3. The highest BCUT2D eigenvalue weighted by Crippen LogP contribution is 2.38. The van der Waals surface area contributed by atoms with Gasteiger partial charge in [-0.1, -0.05) is 141 Å². The van der Waals surface area contributed by atoms with Crippen LogP contribution in [-0.4, -0.2) is 11.9 Å². The molecule has 0 spiro atoms. The molecule has 0 aliphatic heterocycles. The van der Waals surface area contributed by atoms with Crippen LogP contribution < -0.4 is 9.47 Å². The van der Waals surface area contributed by atoms with E-state index in [9.17, 15) is 9.59 Å². The van der Waals surface area contributed by atoms with E-state index in [2.05, 4.69) is 65.8 Å². The minimum atomic E-state index is -0.340. The van der Waals surface area contributed by atoms with Gasteiger partial charge < -0.3 is 9.47 Å². The summed E-state index contributed by atoms with van der Waals surface area (Å²) < 4.78 is 12.7. The summed E-state index contributed by atoms with van der Waals surface area (Å²) in [5.74, 6) is 0.687. The predicted octanol–water partition coefficient (Wildman–Crippen LogP) is 11.7. The van der Waals surface area contributed by atoms with E-state index < -0.39 is 0 Å². The molecule has 4 heteroatoms. The summed E-state index contributed by atoms with van der Waals surface area (Å²) >= 11 is 0. The molecule has 264 valence electrons. The number of hydrogen-bond acceptors (Lipinski definition) is 4. The van der Waals surface area contributed by atoms with E-state index in [0.717, 1.165) is 60.8 Å². The lowest BCUT2D eigenvalue weighted by Gasteiger charge is -2.26. The van der Waals surface area contributed by atoms with Crippen molar-refractivity contribution in [3.8, 4) is 11.5 Å². The van der Waals surface area contributed by atoms with Gasteiger partial charge in [0.15, 0.2) is 0 Å². The number of ether oxygens (including phenoxy) is 2. The van der Waals surface area contributed by atoms with Crippen LogP contribution in [0.15, 0.2) is 84.9 Å². The molecule has 0 saturated heterocycles. The maximum Gasteiger partial charge on any atom is 0.343 e. The number of rotatable bonds is 4. The largest absolute Gasteiger partial charge is 0.422 e. The number of carbonyl (C=O) groups excluding carboxylic acids is 2. The summed E-state index contributed by atoms with van der Waals surface area (Å²) in [6, 6.07) is 27.5. The zero-order chi connectivity index (χ0) is 35.7. The Morgan fingerprint density at radius 3 is 1.06 bits per heavy atom. The van der Waals surface area contributed by atoms with Gasteiger partial charge in [-0.05, 0) is 107 Å². The van der Waals surface area contributed by atoms with Gasteiger partial charge in [-0.3, -0.25) is 0 Å². The molecule has 0 N–H and O–H groups in total. The first-order chi connectivity index (χ1) is 23.9. The van der Waals surface area contributed by atoms with E-state index in [4.69, 9.17) is 9.47 Å². The van der Waals surface area contributed by atoms with Crippen molar-refractivity contribution >= 4 is 11.9 Å². The molecule has 0 fully saturated rings. The molecule has 0 aromatic heterocycles. The van der Waals surface area contributed by atoms with Gasteiger partial charge in [0.2, 0.25) is 0 Å². The molecule has 0 radical (unpaired) electrons. The van der Waals surface area contributed by atoms with Gasteiger partial charge in [-0.25, -0.2) is 9.59 Å². The van der Waals surface area contributed by atoms with Crippen molar-refractivity contribution in [1.29, 1.82) is 0 Å². The van der Waals surface area contributed by atoms with E-state index >= 15 is 0 Å². The van der Waals surface area contributed by atoms with Crippen molar-refractivity contribution < 1.29 is 19.1 Å². The number of esters is 2. The monoisotopic (exact) mass is 672 g/mol. The first kappa shape index (κ1) is 37.1. The van der Waals surface area contributed by atoms with E-state index in [1.165, 1.54) is 36.8 Å². The van der Waals surface area contributed by atoms with Crippen LogP contribution in [-0.2, 0) is 36.5 Å². The van der Waals surface area contributed by atoms with E-state index in [0.29, 0.717) is 35.5 Å². The molecule has 0 saturated carbocycles. The fraction of sp³-hybridized carbons (Fsp3) is 0.435. The molecule has 4 aromatic rings. The van der Waals surface area contributed by atoms with Gasteiger partial charge in [0.25, 0.3) is 0 Å².